The number of hydrogen-bond acceptors (Lipinski definition) is 6. The average Bonchev–Trinajstić information content (AvgIpc) is 3.61. The predicted octanol–water partition coefficient (Wildman–Crippen LogP) is 5.77. The number of pyridine rings is 1. The zero-order valence-corrected chi connectivity index (χ0v) is 19.7. The maximum atomic E-state index is 13.7. The van der Waals surface area contributed by atoms with Crippen molar-refractivity contribution in [3.05, 3.63) is 76.5 Å². The molecule has 0 radical (unpaired) electrons. The number of nitrogens with one attached hydrogen (secondary N) is 1. The number of amides is 1. The number of aryl methyl sites for hydroxylation is 2. The molecule has 1 N–H and O–H groups in total. The van der Waals surface area contributed by atoms with Gasteiger partial charge in [-0.25, -0.2) is 14.4 Å². The molecule has 0 saturated carbocycles. The van der Waals surface area contributed by atoms with Crippen LogP contribution in [0.2, 0.25) is 0 Å². The molecule has 0 aliphatic rings. The fourth-order valence-electron chi connectivity index (χ4n) is 4.06. The molecule has 0 fully saturated rings. The lowest BCUT2D eigenvalue weighted by Crippen LogP contribution is -2.15. The van der Waals surface area contributed by atoms with Gasteiger partial charge in [-0.15, -0.1) is 22.7 Å². The lowest BCUT2D eigenvalue weighted by molar-refractivity contribution is 0.102. The summed E-state index contributed by atoms with van der Waals surface area (Å²) in [5, 5.41) is 12.1. The van der Waals surface area contributed by atoms with Crippen LogP contribution < -0.4 is 5.32 Å². The number of nitrogens with zero attached hydrogens (tertiary/aromatic N) is 5. The molecule has 6 rings (SSSR count). The van der Waals surface area contributed by atoms with E-state index in [0.29, 0.717) is 39.4 Å². The minimum absolute atomic E-state index is 0.294. The summed E-state index contributed by atoms with van der Waals surface area (Å²) in [7, 11) is 1.82. The zero-order chi connectivity index (χ0) is 23.4. The van der Waals surface area contributed by atoms with Gasteiger partial charge in [0.25, 0.3) is 5.91 Å². The van der Waals surface area contributed by atoms with Crippen LogP contribution in [0.5, 0.6) is 0 Å². The predicted molar refractivity (Wildman–Crippen MR) is 133 cm³/mol. The molecule has 168 valence electrons. The summed E-state index contributed by atoms with van der Waals surface area (Å²) in [6.45, 7) is 1.87. The lowest BCUT2D eigenvalue weighted by atomic mass is 10.1. The second-order valence-corrected chi connectivity index (χ2v) is 9.59. The van der Waals surface area contributed by atoms with Gasteiger partial charge >= 0.3 is 0 Å². The number of imidazole rings is 1. The maximum absolute atomic E-state index is 13.7. The Morgan fingerprint density at radius 2 is 1.91 bits per heavy atom. The zero-order valence-electron chi connectivity index (χ0n) is 18.1. The summed E-state index contributed by atoms with van der Waals surface area (Å²) in [5.74, 6) is -0.0996. The fourth-order valence-corrected chi connectivity index (χ4v) is 5.46. The largest absolute Gasteiger partial charge is 0.306 e. The number of halogens is 1. The number of rotatable bonds is 4. The van der Waals surface area contributed by atoms with E-state index in [1.165, 1.54) is 23.5 Å². The van der Waals surface area contributed by atoms with Crippen LogP contribution >= 0.6 is 22.7 Å². The minimum Gasteiger partial charge on any atom is -0.306 e. The number of anilines is 1. The molecule has 0 unspecified atom stereocenters. The number of aromatic nitrogens is 5. The molecular weight excluding hydrogens is 471 g/mol. The van der Waals surface area contributed by atoms with Crippen LogP contribution in [0, 0.1) is 12.7 Å². The van der Waals surface area contributed by atoms with Crippen LogP contribution in [0.4, 0.5) is 10.2 Å². The second kappa shape index (κ2) is 7.86. The first-order valence-electron chi connectivity index (χ1n) is 10.4. The van der Waals surface area contributed by atoms with E-state index in [4.69, 9.17) is 4.98 Å². The molecular formula is C24H17FN6OS2. The van der Waals surface area contributed by atoms with Crippen molar-refractivity contribution in [3.63, 3.8) is 0 Å². The number of benzene rings is 1. The van der Waals surface area contributed by atoms with Crippen molar-refractivity contribution < 1.29 is 9.18 Å². The van der Waals surface area contributed by atoms with Gasteiger partial charge in [0.2, 0.25) is 0 Å². The highest BCUT2D eigenvalue weighted by Crippen LogP contribution is 2.33. The Bertz CT molecular complexity index is 1680. The highest BCUT2D eigenvalue weighted by Gasteiger charge is 2.23. The number of fused-ring (bicyclic) bond motifs is 2. The van der Waals surface area contributed by atoms with Gasteiger partial charge in [-0.05, 0) is 48.7 Å². The quantitative estimate of drug-likeness (QED) is 0.342. The van der Waals surface area contributed by atoms with Crippen molar-refractivity contribution >= 4 is 50.4 Å². The van der Waals surface area contributed by atoms with Gasteiger partial charge < -0.3 is 5.32 Å². The molecule has 10 heteroatoms. The van der Waals surface area contributed by atoms with Crippen molar-refractivity contribution in [1.29, 1.82) is 0 Å². The molecule has 5 heterocycles. The first kappa shape index (κ1) is 20.7. The third-order valence-electron chi connectivity index (χ3n) is 5.60. The van der Waals surface area contributed by atoms with E-state index in [1.807, 2.05) is 53.5 Å². The highest BCUT2D eigenvalue weighted by atomic mass is 32.1. The van der Waals surface area contributed by atoms with E-state index in [9.17, 15) is 9.18 Å². The first-order valence-corrected chi connectivity index (χ1v) is 12.2. The lowest BCUT2D eigenvalue weighted by Gasteiger charge is -2.10. The Balaban J connectivity index is 1.50. The normalized spacial score (nSPS) is 11.5. The standard InChI is InChI=1S/C24H17FN6OS2/c1-13-19-16(12-17(18-4-3-10-33-18)26-21(19)30(2)29-13)23(32)28-22-20(14-5-7-15(25)8-6-14)27-24-31(22)9-11-34-24/h3-12H,1-2H3,(H,28,32). The number of carbonyl (C=O) groups is 1. The van der Waals surface area contributed by atoms with E-state index >= 15 is 0 Å². The van der Waals surface area contributed by atoms with E-state index in [-0.39, 0.29) is 11.7 Å². The molecule has 1 amide bonds. The van der Waals surface area contributed by atoms with Gasteiger partial charge in [0.15, 0.2) is 10.6 Å². The van der Waals surface area contributed by atoms with E-state index in [0.717, 1.165) is 15.5 Å². The van der Waals surface area contributed by atoms with Gasteiger partial charge in [0.1, 0.15) is 17.3 Å². The highest BCUT2D eigenvalue weighted by molar-refractivity contribution is 7.15. The molecule has 0 spiro atoms. The Morgan fingerprint density at radius 1 is 1.09 bits per heavy atom. The van der Waals surface area contributed by atoms with Crippen LogP contribution in [0.1, 0.15) is 16.1 Å². The SMILES string of the molecule is Cc1nn(C)c2nc(-c3cccs3)cc(C(=O)Nc3c(-c4ccc(F)cc4)nc4sccn34)c12. The summed E-state index contributed by atoms with van der Waals surface area (Å²) in [5.41, 5.74) is 3.84. The van der Waals surface area contributed by atoms with Crippen molar-refractivity contribution in [2.24, 2.45) is 7.05 Å². The van der Waals surface area contributed by atoms with E-state index in [1.54, 1.807) is 28.2 Å². The second-order valence-electron chi connectivity index (χ2n) is 7.77. The minimum atomic E-state index is -0.331. The van der Waals surface area contributed by atoms with Crippen molar-refractivity contribution in [2.75, 3.05) is 5.32 Å². The Hall–Kier alpha value is -3.89. The monoisotopic (exact) mass is 488 g/mol. The molecule has 0 aliphatic carbocycles. The molecule has 1 aromatic carbocycles. The first-order chi connectivity index (χ1) is 16.5. The molecule has 7 nitrogen and oxygen atoms in total. The molecule has 0 saturated heterocycles. The summed E-state index contributed by atoms with van der Waals surface area (Å²) in [6.07, 6.45) is 1.85. The van der Waals surface area contributed by atoms with Crippen molar-refractivity contribution in [3.8, 4) is 21.8 Å². The smallest absolute Gasteiger partial charge is 0.257 e. The maximum Gasteiger partial charge on any atom is 0.257 e. The third-order valence-corrected chi connectivity index (χ3v) is 7.25. The van der Waals surface area contributed by atoms with Crippen LogP contribution in [0.15, 0.2) is 59.4 Å². The summed E-state index contributed by atoms with van der Waals surface area (Å²) in [6, 6.07) is 11.8. The number of thiazole rings is 1. The van der Waals surface area contributed by atoms with Crippen LogP contribution in [0.25, 0.3) is 37.8 Å². The number of carbonyl (C=O) groups excluding carboxylic acids is 1. The summed E-state index contributed by atoms with van der Waals surface area (Å²) in [4.78, 5) is 24.9. The Labute approximate surface area is 201 Å². The Morgan fingerprint density at radius 3 is 2.68 bits per heavy atom. The molecule has 5 aromatic heterocycles. The van der Waals surface area contributed by atoms with Crippen LogP contribution in [-0.4, -0.2) is 30.1 Å². The van der Waals surface area contributed by atoms with Gasteiger partial charge in [-0.3, -0.25) is 13.9 Å². The van der Waals surface area contributed by atoms with Crippen molar-refractivity contribution in [1.82, 2.24) is 24.1 Å². The third kappa shape index (κ3) is 3.30. The average molecular weight is 489 g/mol. The van der Waals surface area contributed by atoms with Gasteiger partial charge in [-0.1, -0.05) is 6.07 Å². The molecule has 34 heavy (non-hydrogen) atoms. The van der Waals surface area contributed by atoms with Gasteiger partial charge in [-0.2, -0.15) is 5.10 Å². The van der Waals surface area contributed by atoms with E-state index < -0.39 is 0 Å². The Kier molecular flexibility index (Phi) is 4.78. The van der Waals surface area contributed by atoms with Gasteiger partial charge in [0.05, 0.1) is 27.2 Å². The van der Waals surface area contributed by atoms with Crippen molar-refractivity contribution in [2.45, 2.75) is 6.92 Å². The summed E-state index contributed by atoms with van der Waals surface area (Å²) >= 11 is 3.02. The van der Waals surface area contributed by atoms with Gasteiger partial charge in [0, 0.05) is 24.2 Å². The summed E-state index contributed by atoms with van der Waals surface area (Å²) < 4.78 is 17.0. The molecule has 0 aliphatic heterocycles. The van der Waals surface area contributed by atoms with Crippen LogP contribution in [0.3, 0.4) is 0 Å². The molecule has 6 aromatic rings. The topological polar surface area (TPSA) is 77.1 Å². The van der Waals surface area contributed by atoms with E-state index in [2.05, 4.69) is 15.4 Å². The van der Waals surface area contributed by atoms with Crippen LogP contribution in [-0.2, 0) is 7.05 Å². The molecule has 0 bridgehead atoms. The fraction of sp³-hybridized carbons (Fsp3) is 0.0833. The molecule has 0 atom stereocenters. The number of thiophene rings is 1. The number of hydrogen-bond donors (Lipinski definition) is 1.